The lowest BCUT2D eigenvalue weighted by Gasteiger charge is -2.44. The Hall–Kier alpha value is -5.81. The van der Waals surface area contributed by atoms with Crippen molar-refractivity contribution in [2.24, 2.45) is 11.8 Å². The molecule has 7 aromatic rings. The Morgan fingerprint density at radius 3 is 0.902 bits per heavy atom. The normalized spacial score (nSPS) is 20.6. The van der Waals surface area contributed by atoms with Gasteiger partial charge < -0.3 is 13.6 Å². The predicted octanol–water partition coefficient (Wildman–Crippen LogP) is 13.4. The molecule has 2 bridgehead atoms. The zero-order chi connectivity index (χ0) is 42.6. The van der Waals surface area contributed by atoms with Gasteiger partial charge in [0.15, 0.2) is 28.2 Å². The van der Waals surface area contributed by atoms with E-state index in [2.05, 4.69) is 112 Å². The summed E-state index contributed by atoms with van der Waals surface area (Å²) in [5.41, 5.74) is 10.0. The Morgan fingerprint density at radius 2 is 0.639 bits per heavy atom. The Kier molecular flexibility index (Phi) is 10.4. The van der Waals surface area contributed by atoms with Crippen LogP contribution in [-0.4, -0.2) is 28.2 Å². The van der Waals surface area contributed by atoms with Crippen LogP contribution in [0.25, 0.3) is 44.5 Å². The Bertz CT molecular complexity index is 2530. The summed E-state index contributed by atoms with van der Waals surface area (Å²) in [6.45, 7) is 12.7. The highest BCUT2D eigenvalue weighted by Crippen LogP contribution is 2.72. The Balaban J connectivity index is 1.58. The van der Waals surface area contributed by atoms with Gasteiger partial charge in [0.25, 0.3) is 0 Å². The molecule has 0 radical (unpaired) electrons. The molecule has 0 N–H and O–H groups in total. The molecule has 1 saturated heterocycles. The van der Waals surface area contributed by atoms with E-state index in [9.17, 15) is 0 Å². The van der Waals surface area contributed by atoms with Crippen molar-refractivity contribution >= 4 is 28.2 Å². The molecule has 1 fully saturated rings. The highest BCUT2D eigenvalue weighted by atomic mass is 28.4. The summed E-state index contributed by atoms with van der Waals surface area (Å²) >= 11 is 0. The number of hydrogen-bond donors (Lipinski definition) is 0. The number of hydrogen-bond acceptors (Lipinski definition) is 5. The third kappa shape index (κ3) is 7.10. The minimum atomic E-state index is -2.71. The lowest BCUT2D eigenvalue weighted by molar-refractivity contribution is -0.272. The summed E-state index contributed by atoms with van der Waals surface area (Å²) in [7, 11) is -5.42. The van der Waals surface area contributed by atoms with Crippen molar-refractivity contribution in [3.05, 3.63) is 204 Å². The van der Waals surface area contributed by atoms with Gasteiger partial charge in [-0.3, -0.25) is 9.59 Å². The number of ketones is 2. The van der Waals surface area contributed by atoms with Gasteiger partial charge in [0.2, 0.25) is 11.6 Å². The quantitative estimate of drug-likeness (QED) is 0.0906. The second-order valence-electron chi connectivity index (χ2n) is 18.0. The van der Waals surface area contributed by atoms with E-state index < -0.39 is 40.0 Å². The van der Waals surface area contributed by atoms with Crippen LogP contribution in [0.15, 0.2) is 182 Å². The first-order valence-corrected chi connectivity index (χ1v) is 27.9. The fourth-order valence-electron chi connectivity index (χ4n) is 9.62. The van der Waals surface area contributed by atoms with Gasteiger partial charge in [0.05, 0.1) is 11.8 Å². The van der Waals surface area contributed by atoms with Crippen molar-refractivity contribution in [2.45, 2.75) is 50.9 Å². The SMILES string of the molecule is C[Si](C)(C)O[C@@]12O[C@@](O[Si](C)(C)C)(c3c(-c4ccccc4)c(-c4ccccc4)c(-c4ccccc4)c(-c4ccccc4)c31)[C@@H](C(=O)c1ccccc1)[C@@H]2C(=O)c1ccccc1. The number of carbonyl (C=O) groups excluding carboxylic acids is 2. The summed E-state index contributed by atoms with van der Waals surface area (Å²) in [6.07, 6.45) is 0. The third-order valence-corrected chi connectivity index (χ3v) is 13.3. The van der Waals surface area contributed by atoms with Crippen molar-refractivity contribution < 1.29 is 23.2 Å². The summed E-state index contributed by atoms with van der Waals surface area (Å²) < 4.78 is 23.2. The van der Waals surface area contributed by atoms with E-state index >= 15 is 9.59 Å². The van der Waals surface area contributed by atoms with Gasteiger partial charge in [0.1, 0.15) is 0 Å². The van der Waals surface area contributed by atoms with E-state index in [1.165, 1.54) is 0 Å². The molecule has 2 heterocycles. The van der Waals surface area contributed by atoms with Crippen molar-refractivity contribution in [3.63, 3.8) is 0 Å². The van der Waals surface area contributed by atoms with Crippen LogP contribution in [0, 0.1) is 11.8 Å². The molecule has 2 aliphatic heterocycles. The molecule has 0 aromatic heterocycles. The predicted molar refractivity (Wildman–Crippen MR) is 250 cm³/mol. The fraction of sp³-hybridized carbons (Fsp3) is 0.185. The maximum Gasteiger partial charge on any atom is 0.201 e. The molecule has 0 amide bonds. The van der Waals surface area contributed by atoms with Crippen LogP contribution in [0.5, 0.6) is 0 Å². The molecule has 9 rings (SSSR count). The van der Waals surface area contributed by atoms with E-state index in [4.69, 9.17) is 13.6 Å². The first kappa shape index (κ1) is 40.6. The van der Waals surface area contributed by atoms with E-state index in [-0.39, 0.29) is 11.6 Å². The van der Waals surface area contributed by atoms with Gasteiger partial charge in [-0.15, -0.1) is 0 Å². The fourth-order valence-corrected chi connectivity index (χ4v) is 12.0. The molecular formula is C54H50O5Si2. The van der Waals surface area contributed by atoms with Gasteiger partial charge >= 0.3 is 0 Å². The van der Waals surface area contributed by atoms with Crippen molar-refractivity contribution in [3.8, 4) is 44.5 Å². The van der Waals surface area contributed by atoms with Crippen LogP contribution in [0.2, 0.25) is 39.3 Å². The highest BCUT2D eigenvalue weighted by Gasteiger charge is 2.78. The molecule has 0 spiro atoms. The molecule has 7 heteroatoms. The average Bonchev–Trinajstić information content (AvgIpc) is 3.69. The number of benzene rings is 7. The second kappa shape index (κ2) is 15.6. The molecule has 5 nitrogen and oxygen atoms in total. The molecule has 7 aromatic carbocycles. The molecule has 304 valence electrons. The molecule has 0 unspecified atom stereocenters. The summed E-state index contributed by atoms with van der Waals surface area (Å²) in [6, 6.07) is 60.3. The lowest BCUT2D eigenvalue weighted by Crippen LogP contribution is -2.53. The lowest BCUT2D eigenvalue weighted by atomic mass is 9.62. The standard InChI is InChI=1S/C54H50O5Si2/c1-60(2,3)58-53-47-45(39-29-17-9-18-30-39)43(37-25-13-7-14-26-37)44(38-27-15-8-16-28-38)46(40-31-19-10-20-32-40)48(47)54(57-53,59-61(4,5)6)50(52(56)42-35-23-12-24-36-42)49(53)51(55)41-33-21-11-22-34-41/h7-36,49-50H,1-6H3/t49-,50-,53-,54+/m1/s1. The molecule has 4 atom stereocenters. The zero-order valence-electron chi connectivity index (χ0n) is 35.5. The van der Waals surface area contributed by atoms with Crippen molar-refractivity contribution in [1.82, 2.24) is 0 Å². The van der Waals surface area contributed by atoms with E-state index in [1.807, 2.05) is 109 Å². The van der Waals surface area contributed by atoms with Gasteiger partial charge in [-0.2, -0.15) is 0 Å². The average molecular weight is 835 g/mol. The van der Waals surface area contributed by atoms with Gasteiger partial charge in [-0.25, -0.2) is 0 Å². The number of rotatable bonds is 12. The molecule has 0 aliphatic carbocycles. The minimum absolute atomic E-state index is 0.228. The largest absolute Gasteiger partial charge is 0.387 e. The number of ether oxygens (including phenoxy) is 1. The zero-order valence-corrected chi connectivity index (χ0v) is 37.5. The van der Waals surface area contributed by atoms with E-state index in [1.54, 1.807) is 0 Å². The van der Waals surface area contributed by atoms with Crippen LogP contribution < -0.4 is 0 Å². The van der Waals surface area contributed by atoms with Crippen LogP contribution in [0.4, 0.5) is 0 Å². The molecule has 2 aliphatic rings. The molecule has 61 heavy (non-hydrogen) atoms. The minimum Gasteiger partial charge on any atom is -0.387 e. The van der Waals surface area contributed by atoms with Crippen LogP contribution >= 0.6 is 0 Å². The first-order valence-electron chi connectivity index (χ1n) is 21.1. The molecular weight excluding hydrogens is 785 g/mol. The number of carbonyl (C=O) groups is 2. The van der Waals surface area contributed by atoms with Crippen LogP contribution in [0.3, 0.4) is 0 Å². The van der Waals surface area contributed by atoms with Crippen LogP contribution in [0.1, 0.15) is 31.8 Å². The third-order valence-electron chi connectivity index (χ3n) is 11.5. The second-order valence-corrected chi connectivity index (χ2v) is 26.9. The first-order chi connectivity index (χ1) is 29.3. The monoisotopic (exact) mass is 834 g/mol. The molecule has 0 saturated carbocycles. The summed E-state index contributed by atoms with van der Waals surface area (Å²) in [5, 5.41) is 0. The number of Topliss-reactive ketones (excluding diaryl/α,β-unsaturated/α-hetero) is 2. The van der Waals surface area contributed by atoms with Gasteiger partial charge in [-0.05, 0) is 83.8 Å². The van der Waals surface area contributed by atoms with Gasteiger partial charge in [-0.1, -0.05) is 182 Å². The maximum absolute atomic E-state index is 15.9. The Labute approximate surface area is 361 Å². The summed E-state index contributed by atoms with van der Waals surface area (Å²) in [5.74, 6) is -6.22. The van der Waals surface area contributed by atoms with E-state index in [0.29, 0.717) is 11.1 Å². The smallest absolute Gasteiger partial charge is 0.201 e. The topological polar surface area (TPSA) is 61.8 Å². The Morgan fingerprint density at radius 1 is 0.393 bits per heavy atom. The highest BCUT2D eigenvalue weighted by molar-refractivity contribution is 6.70. The van der Waals surface area contributed by atoms with Crippen LogP contribution in [-0.2, 0) is 25.2 Å². The number of fused-ring (bicyclic) bond motifs is 5. The maximum atomic E-state index is 15.9. The van der Waals surface area contributed by atoms with E-state index in [0.717, 1.165) is 55.6 Å². The van der Waals surface area contributed by atoms with Crippen molar-refractivity contribution in [1.29, 1.82) is 0 Å². The van der Waals surface area contributed by atoms with Crippen molar-refractivity contribution in [2.75, 3.05) is 0 Å². The van der Waals surface area contributed by atoms with Gasteiger partial charge in [0, 0.05) is 22.3 Å². The summed E-state index contributed by atoms with van der Waals surface area (Å²) in [4.78, 5) is 31.8.